The van der Waals surface area contributed by atoms with E-state index in [2.05, 4.69) is 30.5 Å². The third-order valence-corrected chi connectivity index (χ3v) is 5.29. The summed E-state index contributed by atoms with van der Waals surface area (Å²) in [5.41, 5.74) is 6.32. The lowest BCUT2D eigenvalue weighted by molar-refractivity contribution is 0.593. The second-order valence-electron chi connectivity index (χ2n) is 4.89. The summed E-state index contributed by atoms with van der Waals surface area (Å²) in [6, 6.07) is 0. The van der Waals surface area contributed by atoms with Gasteiger partial charge in [0.2, 0.25) is 5.95 Å². The van der Waals surface area contributed by atoms with E-state index in [0.717, 1.165) is 12.6 Å². The van der Waals surface area contributed by atoms with Crippen LogP contribution >= 0.6 is 11.3 Å². The Morgan fingerprint density at radius 2 is 2.39 bits per heavy atom. The lowest BCUT2D eigenvalue weighted by Crippen LogP contribution is -2.38. The number of hydrazine groups is 1. The average molecular weight is 260 g/mol. The number of nitrogens with one attached hydrogen (secondary N) is 2. The molecule has 0 bridgehead atoms. The van der Waals surface area contributed by atoms with Gasteiger partial charge in [0, 0.05) is 10.4 Å². The van der Waals surface area contributed by atoms with Gasteiger partial charge >= 0.3 is 0 Å². The Labute approximate surface area is 108 Å². The summed E-state index contributed by atoms with van der Waals surface area (Å²) < 4.78 is 2.11. The molecule has 6 nitrogen and oxygen atoms in total. The van der Waals surface area contributed by atoms with Crippen LogP contribution in [0.4, 0.5) is 5.95 Å². The van der Waals surface area contributed by atoms with Crippen LogP contribution in [0.1, 0.15) is 28.6 Å². The molecule has 1 fully saturated rings. The summed E-state index contributed by atoms with van der Waals surface area (Å²) in [7, 11) is 0. The SMILES string of the molecule is c1nnc2n1-c1sc3c(c1C1NCNN21)CCC3. The van der Waals surface area contributed by atoms with Crippen LogP contribution in [-0.4, -0.2) is 21.4 Å². The van der Waals surface area contributed by atoms with Crippen molar-refractivity contribution < 1.29 is 0 Å². The fourth-order valence-electron chi connectivity index (χ4n) is 3.24. The first-order chi connectivity index (χ1) is 8.93. The molecule has 92 valence electrons. The minimum absolute atomic E-state index is 0.217. The van der Waals surface area contributed by atoms with Crippen LogP contribution < -0.4 is 15.8 Å². The van der Waals surface area contributed by atoms with Gasteiger partial charge in [-0.3, -0.25) is 14.9 Å². The van der Waals surface area contributed by atoms with Crippen LogP contribution in [0.25, 0.3) is 5.00 Å². The summed E-state index contributed by atoms with van der Waals surface area (Å²) >= 11 is 1.91. The Morgan fingerprint density at radius 1 is 1.39 bits per heavy atom. The van der Waals surface area contributed by atoms with Crippen LogP contribution in [0.3, 0.4) is 0 Å². The van der Waals surface area contributed by atoms with Crippen molar-refractivity contribution in [1.82, 2.24) is 25.5 Å². The summed E-state index contributed by atoms with van der Waals surface area (Å²) in [5.74, 6) is 0.887. The normalized spacial score (nSPS) is 23.8. The van der Waals surface area contributed by atoms with Gasteiger partial charge in [0.1, 0.15) is 17.5 Å². The number of fused-ring (bicyclic) bond motifs is 8. The number of hydrogen-bond acceptors (Lipinski definition) is 6. The van der Waals surface area contributed by atoms with Crippen LogP contribution in [-0.2, 0) is 12.8 Å². The average Bonchev–Trinajstić information content (AvgIpc) is 3.10. The topological polar surface area (TPSA) is 58.0 Å². The molecule has 2 aromatic heterocycles. The molecule has 0 aromatic carbocycles. The van der Waals surface area contributed by atoms with Gasteiger partial charge in [-0.2, -0.15) is 0 Å². The Hall–Kier alpha value is -1.44. The highest BCUT2D eigenvalue weighted by Gasteiger charge is 2.40. The van der Waals surface area contributed by atoms with E-state index >= 15 is 0 Å². The molecule has 0 radical (unpaired) electrons. The van der Waals surface area contributed by atoms with E-state index in [4.69, 9.17) is 0 Å². The molecule has 0 spiro atoms. The zero-order valence-corrected chi connectivity index (χ0v) is 10.5. The molecule has 1 unspecified atom stereocenters. The minimum Gasteiger partial charge on any atom is -0.278 e. The molecule has 4 heterocycles. The molecule has 5 rings (SSSR count). The molecule has 0 saturated carbocycles. The fourth-order valence-corrected chi connectivity index (χ4v) is 4.63. The summed E-state index contributed by atoms with van der Waals surface area (Å²) in [6.07, 6.45) is 5.77. The van der Waals surface area contributed by atoms with Crippen LogP contribution in [0, 0.1) is 0 Å². The van der Waals surface area contributed by atoms with E-state index in [1.54, 1.807) is 10.4 Å². The third-order valence-electron chi connectivity index (χ3n) is 3.98. The van der Waals surface area contributed by atoms with E-state index in [1.165, 1.54) is 29.8 Å². The van der Waals surface area contributed by atoms with Gasteiger partial charge < -0.3 is 0 Å². The quantitative estimate of drug-likeness (QED) is 0.730. The number of anilines is 1. The standard InChI is InChI=1S/C11H12N6S/c1-2-6-7(3-1)18-10-8(6)9-12-4-14-17(9)11-15-13-5-16(10)11/h5,9,12,14H,1-4H2. The first-order valence-electron chi connectivity index (χ1n) is 6.24. The number of hydrogen-bond donors (Lipinski definition) is 2. The number of aryl methyl sites for hydroxylation is 1. The van der Waals surface area contributed by atoms with Crippen molar-refractivity contribution in [3.8, 4) is 5.00 Å². The van der Waals surface area contributed by atoms with Crippen molar-refractivity contribution in [2.24, 2.45) is 0 Å². The van der Waals surface area contributed by atoms with Gasteiger partial charge in [-0.05, 0) is 24.8 Å². The lowest BCUT2D eigenvalue weighted by atomic mass is 10.1. The second-order valence-corrected chi connectivity index (χ2v) is 5.97. The largest absolute Gasteiger partial charge is 0.278 e. The first-order valence-corrected chi connectivity index (χ1v) is 7.06. The van der Waals surface area contributed by atoms with Crippen molar-refractivity contribution in [2.45, 2.75) is 25.4 Å². The monoisotopic (exact) mass is 260 g/mol. The molecule has 1 saturated heterocycles. The Bertz CT molecular complexity index is 644. The smallest absolute Gasteiger partial charge is 0.248 e. The van der Waals surface area contributed by atoms with Crippen molar-refractivity contribution in [2.75, 3.05) is 11.7 Å². The molecule has 2 aliphatic heterocycles. The Kier molecular flexibility index (Phi) is 1.64. The van der Waals surface area contributed by atoms with Gasteiger partial charge in [-0.1, -0.05) is 0 Å². The van der Waals surface area contributed by atoms with Gasteiger partial charge in [0.25, 0.3) is 0 Å². The van der Waals surface area contributed by atoms with Crippen molar-refractivity contribution >= 4 is 17.3 Å². The molecule has 18 heavy (non-hydrogen) atoms. The van der Waals surface area contributed by atoms with Gasteiger partial charge in [0.15, 0.2) is 0 Å². The van der Waals surface area contributed by atoms with E-state index in [9.17, 15) is 0 Å². The van der Waals surface area contributed by atoms with E-state index in [0.29, 0.717) is 0 Å². The molecule has 7 heteroatoms. The number of rotatable bonds is 0. The van der Waals surface area contributed by atoms with E-state index in [-0.39, 0.29) is 6.17 Å². The zero-order valence-electron chi connectivity index (χ0n) is 9.68. The van der Waals surface area contributed by atoms with Crippen LogP contribution in [0.15, 0.2) is 6.33 Å². The molecule has 2 aromatic rings. The summed E-state index contributed by atoms with van der Waals surface area (Å²) in [5, 5.41) is 15.2. The van der Waals surface area contributed by atoms with Crippen molar-refractivity contribution in [1.29, 1.82) is 0 Å². The highest BCUT2D eigenvalue weighted by molar-refractivity contribution is 7.15. The maximum atomic E-state index is 4.22. The fraction of sp³-hybridized carbons (Fsp3) is 0.455. The molecule has 1 atom stereocenters. The highest BCUT2D eigenvalue weighted by atomic mass is 32.1. The highest BCUT2D eigenvalue weighted by Crippen LogP contribution is 2.46. The molecule has 1 aliphatic carbocycles. The summed E-state index contributed by atoms with van der Waals surface area (Å²) in [6.45, 7) is 0.779. The van der Waals surface area contributed by atoms with Crippen LogP contribution in [0.5, 0.6) is 0 Å². The van der Waals surface area contributed by atoms with E-state index in [1.807, 2.05) is 17.7 Å². The summed E-state index contributed by atoms with van der Waals surface area (Å²) in [4.78, 5) is 1.55. The molecular formula is C11H12N6S. The Morgan fingerprint density at radius 3 is 3.39 bits per heavy atom. The lowest BCUT2D eigenvalue weighted by Gasteiger charge is -2.30. The second kappa shape index (κ2) is 3.11. The molecule has 0 amide bonds. The molecular weight excluding hydrogens is 248 g/mol. The maximum Gasteiger partial charge on any atom is 0.248 e. The number of thiophene rings is 1. The van der Waals surface area contributed by atoms with Gasteiger partial charge in [-0.15, -0.1) is 21.5 Å². The van der Waals surface area contributed by atoms with E-state index < -0.39 is 0 Å². The predicted molar refractivity (Wildman–Crippen MR) is 67.6 cm³/mol. The first kappa shape index (κ1) is 9.48. The molecule has 2 N–H and O–H groups in total. The van der Waals surface area contributed by atoms with Gasteiger partial charge in [-0.25, -0.2) is 5.43 Å². The third kappa shape index (κ3) is 0.969. The zero-order chi connectivity index (χ0) is 11.7. The van der Waals surface area contributed by atoms with Crippen molar-refractivity contribution in [3.05, 3.63) is 22.3 Å². The van der Waals surface area contributed by atoms with Crippen molar-refractivity contribution in [3.63, 3.8) is 0 Å². The number of aromatic nitrogens is 3. The Balaban J connectivity index is 1.84. The maximum absolute atomic E-state index is 4.22. The van der Waals surface area contributed by atoms with Gasteiger partial charge in [0.05, 0.1) is 6.67 Å². The number of nitrogens with zero attached hydrogens (tertiary/aromatic N) is 4. The van der Waals surface area contributed by atoms with Crippen LogP contribution in [0.2, 0.25) is 0 Å². The predicted octanol–water partition coefficient (Wildman–Crippen LogP) is 0.701. The molecule has 3 aliphatic rings. The minimum atomic E-state index is 0.217.